The number of esters is 1. The Hall–Kier alpha value is -3.19. The van der Waals surface area contributed by atoms with Crippen molar-refractivity contribution in [1.29, 1.82) is 0 Å². The minimum atomic E-state index is -0.431. The highest BCUT2D eigenvalue weighted by Gasteiger charge is 2.12. The quantitative estimate of drug-likeness (QED) is 0.601. The Bertz CT molecular complexity index is 935. The number of benzene rings is 2. The van der Waals surface area contributed by atoms with Crippen LogP contribution in [0.4, 0.5) is 17.5 Å². The molecule has 0 saturated carbocycles. The number of hydrogen-bond donors (Lipinski definition) is 2. The van der Waals surface area contributed by atoms with Crippen LogP contribution in [0.15, 0.2) is 54.7 Å². The molecule has 0 aliphatic rings. The molecule has 3 aromatic rings. The molecular weight excluding hydrogens is 366 g/mol. The lowest BCUT2D eigenvalue weighted by atomic mass is 10.1. The molecule has 2 aromatic carbocycles. The standard InChI is InChI=1S/C19H18ClN5O2/c1-27-18(26)15-7-2-3-8-16(15)23-17-12-22-25-19(24-17)21-10-9-13-5-4-6-14(20)11-13/h2-8,11-12H,9-10H2,1H3,(H2,21,23,24,25). The summed E-state index contributed by atoms with van der Waals surface area (Å²) >= 11 is 5.99. The SMILES string of the molecule is COC(=O)c1ccccc1Nc1cnnc(NCCc2cccc(Cl)c2)n1. The fourth-order valence-electron chi connectivity index (χ4n) is 2.47. The van der Waals surface area contributed by atoms with E-state index < -0.39 is 5.97 Å². The lowest BCUT2D eigenvalue weighted by Crippen LogP contribution is -2.10. The number of rotatable bonds is 7. The first-order chi connectivity index (χ1) is 13.2. The Labute approximate surface area is 161 Å². The summed E-state index contributed by atoms with van der Waals surface area (Å²) < 4.78 is 4.79. The van der Waals surface area contributed by atoms with Gasteiger partial charge in [-0.15, -0.1) is 5.10 Å². The number of ether oxygens (including phenoxy) is 1. The smallest absolute Gasteiger partial charge is 0.339 e. The molecule has 8 heteroatoms. The van der Waals surface area contributed by atoms with Crippen molar-refractivity contribution >= 4 is 35.0 Å². The zero-order chi connectivity index (χ0) is 19.1. The van der Waals surface area contributed by atoms with Gasteiger partial charge in [-0.2, -0.15) is 10.1 Å². The van der Waals surface area contributed by atoms with E-state index in [1.165, 1.54) is 13.3 Å². The van der Waals surface area contributed by atoms with Gasteiger partial charge in [0.15, 0.2) is 5.82 Å². The Morgan fingerprint density at radius 2 is 2.04 bits per heavy atom. The summed E-state index contributed by atoms with van der Waals surface area (Å²) in [4.78, 5) is 16.2. The Kier molecular flexibility index (Phi) is 6.17. The number of hydrogen-bond acceptors (Lipinski definition) is 7. The number of carbonyl (C=O) groups excluding carboxylic acids is 1. The minimum absolute atomic E-state index is 0.387. The van der Waals surface area contributed by atoms with Crippen LogP contribution in [0.2, 0.25) is 5.02 Å². The van der Waals surface area contributed by atoms with E-state index in [-0.39, 0.29) is 0 Å². The maximum atomic E-state index is 11.9. The summed E-state index contributed by atoms with van der Waals surface area (Å²) in [6, 6.07) is 14.7. The van der Waals surface area contributed by atoms with Gasteiger partial charge in [-0.25, -0.2) is 4.79 Å². The Balaban J connectivity index is 1.65. The first kappa shape index (κ1) is 18.6. The number of nitrogens with zero attached hydrogens (tertiary/aromatic N) is 3. The third-order valence-electron chi connectivity index (χ3n) is 3.74. The van der Waals surface area contributed by atoms with E-state index in [2.05, 4.69) is 25.8 Å². The third-order valence-corrected chi connectivity index (χ3v) is 3.97. The first-order valence-electron chi connectivity index (χ1n) is 8.28. The average molecular weight is 384 g/mol. The van der Waals surface area contributed by atoms with Crippen molar-refractivity contribution in [1.82, 2.24) is 15.2 Å². The van der Waals surface area contributed by atoms with E-state index >= 15 is 0 Å². The van der Waals surface area contributed by atoms with Gasteiger partial charge in [0, 0.05) is 11.6 Å². The molecule has 0 saturated heterocycles. The number of nitrogens with one attached hydrogen (secondary N) is 2. The average Bonchev–Trinajstić information content (AvgIpc) is 2.68. The molecule has 0 radical (unpaired) electrons. The van der Waals surface area contributed by atoms with Gasteiger partial charge >= 0.3 is 5.97 Å². The van der Waals surface area contributed by atoms with Crippen molar-refractivity contribution in [3.63, 3.8) is 0 Å². The molecule has 27 heavy (non-hydrogen) atoms. The van der Waals surface area contributed by atoms with Gasteiger partial charge in [-0.05, 0) is 36.2 Å². The molecule has 0 unspecified atom stereocenters. The highest BCUT2D eigenvalue weighted by Crippen LogP contribution is 2.20. The van der Waals surface area contributed by atoms with E-state index in [4.69, 9.17) is 16.3 Å². The largest absolute Gasteiger partial charge is 0.465 e. The zero-order valence-corrected chi connectivity index (χ0v) is 15.4. The molecule has 7 nitrogen and oxygen atoms in total. The molecule has 1 heterocycles. The summed E-state index contributed by atoms with van der Waals surface area (Å²) in [7, 11) is 1.34. The fraction of sp³-hybridized carbons (Fsp3) is 0.158. The van der Waals surface area contributed by atoms with Gasteiger partial charge in [-0.3, -0.25) is 0 Å². The maximum Gasteiger partial charge on any atom is 0.339 e. The Morgan fingerprint density at radius 1 is 1.19 bits per heavy atom. The summed E-state index contributed by atoms with van der Waals surface area (Å²) in [6.45, 7) is 0.629. The van der Waals surface area contributed by atoms with Crippen LogP contribution in [0.25, 0.3) is 0 Å². The normalized spacial score (nSPS) is 10.3. The third kappa shape index (κ3) is 5.15. The topological polar surface area (TPSA) is 89.0 Å². The molecule has 0 atom stereocenters. The highest BCUT2D eigenvalue weighted by molar-refractivity contribution is 6.30. The summed E-state index contributed by atoms with van der Waals surface area (Å²) in [5.74, 6) is 0.421. The molecule has 0 aliphatic heterocycles. The predicted molar refractivity (Wildman–Crippen MR) is 105 cm³/mol. The van der Waals surface area contributed by atoms with Crippen LogP contribution in [-0.4, -0.2) is 34.8 Å². The van der Waals surface area contributed by atoms with Gasteiger partial charge in [0.05, 0.1) is 24.6 Å². The first-order valence-corrected chi connectivity index (χ1v) is 8.66. The van der Waals surface area contributed by atoms with E-state index in [0.717, 1.165) is 12.0 Å². The van der Waals surface area contributed by atoms with Gasteiger partial charge in [-0.1, -0.05) is 35.9 Å². The van der Waals surface area contributed by atoms with Crippen LogP contribution in [0, 0.1) is 0 Å². The Morgan fingerprint density at radius 3 is 2.85 bits per heavy atom. The number of halogens is 1. The van der Waals surface area contributed by atoms with E-state index in [1.807, 2.05) is 30.3 Å². The molecule has 0 bridgehead atoms. The molecule has 138 valence electrons. The lowest BCUT2D eigenvalue weighted by molar-refractivity contribution is 0.0602. The van der Waals surface area contributed by atoms with E-state index in [9.17, 15) is 4.79 Å². The van der Waals surface area contributed by atoms with Gasteiger partial charge in [0.1, 0.15) is 0 Å². The number of carbonyl (C=O) groups is 1. The van der Waals surface area contributed by atoms with E-state index in [0.29, 0.717) is 34.6 Å². The van der Waals surface area contributed by atoms with E-state index in [1.54, 1.807) is 18.2 Å². The monoisotopic (exact) mass is 383 g/mol. The van der Waals surface area contributed by atoms with Crippen LogP contribution < -0.4 is 10.6 Å². The maximum absolute atomic E-state index is 11.9. The number of para-hydroxylation sites is 1. The van der Waals surface area contributed by atoms with Gasteiger partial charge in [0.2, 0.25) is 5.95 Å². The van der Waals surface area contributed by atoms with Crippen LogP contribution in [0.3, 0.4) is 0 Å². The lowest BCUT2D eigenvalue weighted by Gasteiger charge is -2.10. The molecule has 3 rings (SSSR count). The van der Waals surface area contributed by atoms with Crippen molar-refractivity contribution in [3.8, 4) is 0 Å². The number of aromatic nitrogens is 3. The molecule has 1 aromatic heterocycles. The molecule has 2 N–H and O–H groups in total. The zero-order valence-electron chi connectivity index (χ0n) is 14.6. The van der Waals surface area contributed by atoms with Crippen molar-refractivity contribution in [2.45, 2.75) is 6.42 Å². The van der Waals surface area contributed by atoms with Crippen LogP contribution in [0.5, 0.6) is 0 Å². The van der Waals surface area contributed by atoms with Crippen molar-refractivity contribution in [2.75, 3.05) is 24.3 Å². The predicted octanol–water partition coefficient (Wildman–Crippen LogP) is 3.71. The highest BCUT2D eigenvalue weighted by atomic mass is 35.5. The number of methoxy groups -OCH3 is 1. The number of anilines is 3. The van der Waals surface area contributed by atoms with Crippen LogP contribution >= 0.6 is 11.6 Å². The summed E-state index contributed by atoms with van der Waals surface area (Å²) in [5.41, 5.74) is 2.10. The molecule has 0 amide bonds. The van der Waals surface area contributed by atoms with Crippen LogP contribution in [0.1, 0.15) is 15.9 Å². The molecular formula is C19H18ClN5O2. The van der Waals surface area contributed by atoms with Gasteiger partial charge in [0.25, 0.3) is 0 Å². The van der Waals surface area contributed by atoms with Crippen molar-refractivity contribution in [3.05, 3.63) is 70.9 Å². The van der Waals surface area contributed by atoms with Crippen molar-refractivity contribution in [2.24, 2.45) is 0 Å². The second-order valence-electron chi connectivity index (χ2n) is 5.63. The van der Waals surface area contributed by atoms with Gasteiger partial charge < -0.3 is 15.4 Å². The minimum Gasteiger partial charge on any atom is -0.465 e. The molecule has 0 fully saturated rings. The second-order valence-corrected chi connectivity index (χ2v) is 6.07. The molecule has 0 aliphatic carbocycles. The molecule has 0 spiro atoms. The van der Waals surface area contributed by atoms with Crippen molar-refractivity contribution < 1.29 is 9.53 Å². The fourth-order valence-corrected chi connectivity index (χ4v) is 2.68. The van der Waals surface area contributed by atoms with Crippen LogP contribution in [-0.2, 0) is 11.2 Å². The summed E-state index contributed by atoms with van der Waals surface area (Å²) in [5, 5.41) is 14.8. The summed E-state index contributed by atoms with van der Waals surface area (Å²) in [6.07, 6.45) is 2.25. The second kappa shape index (κ2) is 8.95.